The van der Waals surface area contributed by atoms with Crippen molar-refractivity contribution in [2.45, 2.75) is 33.6 Å². The third kappa shape index (κ3) is 9.12. The topological polar surface area (TPSA) is 26.3 Å². The molecule has 0 aromatic rings. The van der Waals surface area contributed by atoms with Gasteiger partial charge in [0.25, 0.3) is 0 Å². The lowest BCUT2D eigenvalue weighted by Crippen LogP contribution is -2.03. The van der Waals surface area contributed by atoms with Gasteiger partial charge in [-0.1, -0.05) is 26.0 Å². The monoisotopic (exact) mass is 183 g/mol. The number of rotatable bonds is 5. The molecule has 75 valence electrons. The van der Waals surface area contributed by atoms with Gasteiger partial charge in [0, 0.05) is 6.42 Å². The number of ether oxygens (including phenoxy) is 1. The van der Waals surface area contributed by atoms with E-state index in [0.717, 1.165) is 6.42 Å². The largest absolute Gasteiger partial charge is 0.466 e. The molecule has 0 saturated heterocycles. The molecule has 2 heteroatoms. The van der Waals surface area contributed by atoms with Crippen molar-refractivity contribution < 1.29 is 9.53 Å². The van der Waals surface area contributed by atoms with E-state index in [1.807, 2.05) is 32.9 Å². The van der Waals surface area contributed by atoms with Crippen LogP contribution < -0.4 is 0 Å². The third-order valence-electron chi connectivity index (χ3n) is 1.39. The summed E-state index contributed by atoms with van der Waals surface area (Å²) in [5.74, 6) is -0.131. The Balaban J connectivity index is 3.56. The molecule has 0 aromatic heterocycles. The van der Waals surface area contributed by atoms with Gasteiger partial charge in [-0.15, -0.1) is 0 Å². The normalized spacial score (nSPS) is 12.0. The first-order valence-corrected chi connectivity index (χ1v) is 4.64. The van der Waals surface area contributed by atoms with Crippen LogP contribution in [-0.4, -0.2) is 12.6 Å². The van der Waals surface area contributed by atoms with Crippen LogP contribution in [0.2, 0.25) is 0 Å². The first-order valence-electron chi connectivity index (χ1n) is 4.64. The molecule has 0 atom stereocenters. The Bertz CT molecular complexity index is 175. The van der Waals surface area contributed by atoms with E-state index in [1.165, 1.54) is 0 Å². The zero-order valence-electron chi connectivity index (χ0n) is 8.80. The van der Waals surface area contributed by atoms with Crippen LogP contribution in [0.4, 0.5) is 0 Å². The molecule has 13 heavy (non-hydrogen) atoms. The first kappa shape index (κ1) is 12.2. The Kier molecular flexibility index (Phi) is 5.44. The van der Waals surface area contributed by atoms with Gasteiger partial charge in [0.05, 0.1) is 6.61 Å². The van der Waals surface area contributed by atoms with Gasteiger partial charge in [-0.05, 0) is 25.7 Å². The second kappa shape index (κ2) is 5.79. The fourth-order valence-corrected chi connectivity index (χ4v) is 0.837. The van der Waals surface area contributed by atoms with Gasteiger partial charge in [0.2, 0.25) is 0 Å². The highest BCUT2D eigenvalue weighted by Crippen LogP contribution is 2.14. The Hall–Kier alpha value is -0.790. The zero-order valence-corrected chi connectivity index (χ0v) is 8.80. The van der Waals surface area contributed by atoms with E-state index in [9.17, 15) is 4.79 Å². The summed E-state index contributed by atoms with van der Waals surface area (Å²) in [6.45, 7) is 10.2. The summed E-state index contributed by atoms with van der Waals surface area (Å²) in [5.41, 5.74) is -0.0470. The standard InChI is InChI=1S/C11H19O2/c1-5-13-10(12)8-6-7-9-11(2,3)4/h7,9H,2,5-6,8H2,1,3-4H3/b9-7+. The molecule has 0 aliphatic rings. The molecule has 0 unspecified atom stereocenters. The van der Waals surface area contributed by atoms with Crippen LogP contribution in [0.5, 0.6) is 0 Å². The van der Waals surface area contributed by atoms with E-state index in [1.54, 1.807) is 0 Å². The molecule has 0 spiro atoms. The van der Waals surface area contributed by atoms with Crippen LogP contribution in [0, 0.1) is 12.3 Å². The molecular weight excluding hydrogens is 164 g/mol. The summed E-state index contributed by atoms with van der Waals surface area (Å²) in [7, 11) is 0. The predicted molar refractivity (Wildman–Crippen MR) is 54.1 cm³/mol. The van der Waals surface area contributed by atoms with Crippen LogP contribution in [0.1, 0.15) is 33.6 Å². The van der Waals surface area contributed by atoms with Crippen LogP contribution in [-0.2, 0) is 9.53 Å². The van der Waals surface area contributed by atoms with Crippen molar-refractivity contribution in [3.05, 3.63) is 19.1 Å². The number of carbonyl (C=O) groups is 1. The molecule has 0 fully saturated rings. The maximum Gasteiger partial charge on any atom is 0.306 e. The molecule has 0 aliphatic heterocycles. The lowest BCUT2D eigenvalue weighted by atomic mass is 9.96. The van der Waals surface area contributed by atoms with Crippen LogP contribution in [0.15, 0.2) is 12.2 Å². The minimum Gasteiger partial charge on any atom is -0.466 e. The molecule has 0 heterocycles. The fraction of sp³-hybridized carbons (Fsp3) is 0.636. The van der Waals surface area contributed by atoms with E-state index in [2.05, 4.69) is 6.92 Å². The maximum absolute atomic E-state index is 10.9. The number of esters is 1. The van der Waals surface area contributed by atoms with Gasteiger partial charge in [-0.2, -0.15) is 0 Å². The Labute approximate surface area is 81.0 Å². The second-order valence-corrected chi connectivity index (χ2v) is 3.73. The van der Waals surface area contributed by atoms with Gasteiger partial charge in [0.15, 0.2) is 0 Å². The Morgan fingerprint density at radius 2 is 2.15 bits per heavy atom. The highest BCUT2D eigenvalue weighted by molar-refractivity contribution is 5.69. The smallest absolute Gasteiger partial charge is 0.306 e. The molecule has 0 aliphatic carbocycles. The molecule has 0 saturated carbocycles. The molecule has 0 rings (SSSR count). The lowest BCUT2D eigenvalue weighted by Gasteiger charge is -2.10. The van der Waals surface area contributed by atoms with Crippen LogP contribution in [0.25, 0.3) is 0 Å². The molecule has 2 nitrogen and oxygen atoms in total. The van der Waals surface area contributed by atoms with E-state index in [-0.39, 0.29) is 11.4 Å². The Morgan fingerprint density at radius 1 is 1.54 bits per heavy atom. The van der Waals surface area contributed by atoms with Gasteiger partial charge in [-0.3, -0.25) is 4.79 Å². The summed E-state index contributed by atoms with van der Waals surface area (Å²) >= 11 is 0. The van der Waals surface area contributed by atoms with Crippen LogP contribution >= 0.6 is 0 Å². The van der Waals surface area contributed by atoms with E-state index < -0.39 is 0 Å². The minimum absolute atomic E-state index is 0.0470. The minimum atomic E-state index is -0.131. The number of allylic oxidation sites excluding steroid dienone is 2. The van der Waals surface area contributed by atoms with Gasteiger partial charge in [-0.25, -0.2) is 0 Å². The molecule has 0 aromatic carbocycles. The summed E-state index contributed by atoms with van der Waals surface area (Å²) < 4.78 is 4.79. The summed E-state index contributed by atoms with van der Waals surface area (Å²) in [5, 5.41) is 0. The van der Waals surface area contributed by atoms with Gasteiger partial charge >= 0.3 is 5.97 Å². The second-order valence-electron chi connectivity index (χ2n) is 3.73. The molecule has 0 bridgehead atoms. The van der Waals surface area contributed by atoms with Crippen molar-refractivity contribution in [3.63, 3.8) is 0 Å². The number of carbonyl (C=O) groups excluding carboxylic acids is 1. The summed E-state index contributed by atoms with van der Waals surface area (Å²) in [6, 6.07) is 0. The van der Waals surface area contributed by atoms with Crippen molar-refractivity contribution >= 4 is 5.97 Å². The van der Waals surface area contributed by atoms with E-state index in [0.29, 0.717) is 13.0 Å². The number of hydrogen-bond acceptors (Lipinski definition) is 2. The maximum atomic E-state index is 10.9. The average molecular weight is 183 g/mol. The molecular formula is C11H19O2. The first-order chi connectivity index (χ1) is 5.95. The average Bonchev–Trinajstić information content (AvgIpc) is 1.97. The van der Waals surface area contributed by atoms with Gasteiger partial charge in [0.1, 0.15) is 0 Å². The summed E-state index contributed by atoms with van der Waals surface area (Å²) in [4.78, 5) is 10.9. The van der Waals surface area contributed by atoms with Crippen molar-refractivity contribution in [2.75, 3.05) is 6.61 Å². The van der Waals surface area contributed by atoms with Crippen molar-refractivity contribution in [3.8, 4) is 0 Å². The highest BCUT2D eigenvalue weighted by atomic mass is 16.5. The molecule has 0 N–H and O–H groups in total. The Morgan fingerprint density at radius 3 is 2.62 bits per heavy atom. The SMILES string of the molecule is [CH2]C(C)(C)/C=C/CCC(=O)OCC. The highest BCUT2D eigenvalue weighted by Gasteiger charge is 2.04. The third-order valence-corrected chi connectivity index (χ3v) is 1.39. The lowest BCUT2D eigenvalue weighted by molar-refractivity contribution is -0.143. The van der Waals surface area contributed by atoms with E-state index >= 15 is 0 Å². The fourth-order valence-electron chi connectivity index (χ4n) is 0.837. The van der Waals surface area contributed by atoms with Crippen molar-refractivity contribution in [1.29, 1.82) is 0 Å². The molecule has 1 radical (unpaired) electrons. The summed E-state index contributed by atoms with van der Waals surface area (Å²) in [6.07, 6.45) is 5.17. The van der Waals surface area contributed by atoms with E-state index in [4.69, 9.17) is 4.74 Å². The van der Waals surface area contributed by atoms with Gasteiger partial charge < -0.3 is 4.74 Å². The zero-order chi connectivity index (χ0) is 10.3. The predicted octanol–water partition coefficient (Wildman–Crippen LogP) is 2.75. The molecule has 0 amide bonds. The van der Waals surface area contributed by atoms with Crippen molar-refractivity contribution in [2.24, 2.45) is 5.41 Å². The van der Waals surface area contributed by atoms with Crippen LogP contribution in [0.3, 0.4) is 0 Å². The van der Waals surface area contributed by atoms with Crippen molar-refractivity contribution in [1.82, 2.24) is 0 Å². The number of hydrogen-bond donors (Lipinski definition) is 0. The quantitative estimate of drug-likeness (QED) is 0.484.